The summed E-state index contributed by atoms with van der Waals surface area (Å²) in [5, 5.41) is 6.17. The lowest BCUT2D eigenvalue weighted by molar-refractivity contribution is -0.123. The zero-order chi connectivity index (χ0) is 16.1. The summed E-state index contributed by atoms with van der Waals surface area (Å²) in [6.45, 7) is 3.22. The number of aryl methyl sites for hydroxylation is 1. The van der Waals surface area contributed by atoms with Gasteiger partial charge in [-0.1, -0.05) is 17.3 Å². The zero-order valence-electron chi connectivity index (χ0n) is 12.5. The Bertz CT molecular complexity index is 684. The molecule has 0 radical (unpaired) electrons. The number of anilines is 1. The smallest absolute Gasteiger partial charge is 0.340 e. The number of esters is 1. The molecule has 0 saturated heterocycles. The van der Waals surface area contributed by atoms with Crippen molar-refractivity contribution in [2.75, 3.05) is 11.6 Å². The Morgan fingerprint density at radius 1 is 1.36 bits per heavy atom. The number of carbonyl (C=O) groups excluding carboxylic acids is 2. The van der Waals surface area contributed by atoms with Gasteiger partial charge in [0.15, 0.2) is 11.9 Å². The number of ether oxygens (including phenoxy) is 1. The lowest BCUT2D eigenvalue weighted by Gasteiger charge is -2.13. The number of benzene rings is 1. The van der Waals surface area contributed by atoms with E-state index in [0.29, 0.717) is 11.3 Å². The molecule has 0 spiro atoms. The number of hydrogen-bond donors (Lipinski definition) is 1. The van der Waals surface area contributed by atoms with E-state index in [1.165, 1.54) is 18.7 Å². The zero-order valence-corrected chi connectivity index (χ0v) is 13.3. The molecule has 116 valence electrons. The Labute approximate surface area is 132 Å². The molecule has 1 N–H and O–H groups in total. The van der Waals surface area contributed by atoms with Gasteiger partial charge in [-0.3, -0.25) is 4.79 Å². The topological polar surface area (TPSA) is 81.4 Å². The molecule has 2 rings (SSSR count). The van der Waals surface area contributed by atoms with Crippen molar-refractivity contribution in [3.8, 4) is 0 Å². The molecule has 6 nitrogen and oxygen atoms in total. The molecule has 0 bridgehead atoms. The van der Waals surface area contributed by atoms with Crippen LogP contribution in [0.1, 0.15) is 23.0 Å². The van der Waals surface area contributed by atoms with E-state index >= 15 is 0 Å². The van der Waals surface area contributed by atoms with Crippen LogP contribution in [0.5, 0.6) is 0 Å². The van der Waals surface area contributed by atoms with Crippen LogP contribution in [0.25, 0.3) is 0 Å². The van der Waals surface area contributed by atoms with Gasteiger partial charge in [0.2, 0.25) is 0 Å². The van der Waals surface area contributed by atoms with Crippen molar-refractivity contribution in [3.05, 3.63) is 41.7 Å². The van der Waals surface area contributed by atoms with Crippen molar-refractivity contribution in [2.45, 2.75) is 24.8 Å². The van der Waals surface area contributed by atoms with Crippen LogP contribution in [0.3, 0.4) is 0 Å². The lowest BCUT2D eigenvalue weighted by Crippen LogP contribution is -2.30. The Morgan fingerprint density at radius 2 is 2.09 bits per heavy atom. The molecular weight excluding hydrogens is 304 g/mol. The molecule has 1 amide bonds. The second-order valence-electron chi connectivity index (χ2n) is 4.56. The number of nitrogens with one attached hydrogen (secondary N) is 1. The van der Waals surface area contributed by atoms with Gasteiger partial charge < -0.3 is 14.6 Å². The van der Waals surface area contributed by atoms with Gasteiger partial charge >= 0.3 is 5.97 Å². The number of carbonyl (C=O) groups is 2. The monoisotopic (exact) mass is 320 g/mol. The molecule has 7 heteroatoms. The van der Waals surface area contributed by atoms with Crippen molar-refractivity contribution in [1.29, 1.82) is 0 Å². The second kappa shape index (κ2) is 7.13. The predicted molar refractivity (Wildman–Crippen MR) is 83.0 cm³/mol. The second-order valence-corrected chi connectivity index (χ2v) is 5.41. The molecule has 22 heavy (non-hydrogen) atoms. The van der Waals surface area contributed by atoms with Gasteiger partial charge in [0, 0.05) is 11.0 Å². The standard InChI is InChI=1S/C15H16N2O4S/c1-9-8-13(17-21-9)16-14(18)10(2)20-15(19)11-6-4-5-7-12(11)22-3/h4-8,10H,1-3H3,(H,16,17,18)/t10-/m1/s1. The summed E-state index contributed by atoms with van der Waals surface area (Å²) in [4.78, 5) is 24.9. The van der Waals surface area contributed by atoms with Crippen LogP contribution >= 0.6 is 11.8 Å². The van der Waals surface area contributed by atoms with Crippen LogP contribution in [0.2, 0.25) is 0 Å². The summed E-state index contributed by atoms with van der Waals surface area (Å²) < 4.78 is 10.0. The van der Waals surface area contributed by atoms with Crippen LogP contribution in [-0.2, 0) is 9.53 Å². The first kappa shape index (κ1) is 16.1. The highest BCUT2D eigenvalue weighted by atomic mass is 32.2. The maximum Gasteiger partial charge on any atom is 0.340 e. The fourth-order valence-electron chi connectivity index (χ4n) is 1.74. The number of amides is 1. The normalized spacial score (nSPS) is 11.8. The Morgan fingerprint density at radius 3 is 2.73 bits per heavy atom. The summed E-state index contributed by atoms with van der Waals surface area (Å²) >= 11 is 1.44. The van der Waals surface area contributed by atoms with Crippen LogP contribution in [-0.4, -0.2) is 29.4 Å². The van der Waals surface area contributed by atoms with Gasteiger partial charge in [0.1, 0.15) is 5.76 Å². The largest absolute Gasteiger partial charge is 0.449 e. The van der Waals surface area contributed by atoms with Crippen LogP contribution in [0, 0.1) is 6.92 Å². The summed E-state index contributed by atoms with van der Waals surface area (Å²) in [5.74, 6) is -0.143. The third kappa shape index (κ3) is 3.88. The van der Waals surface area contributed by atoms with Gasteiger partial charge in [0.25, 0.3) is 5.91 Å². The first-order valence-corrected chi connectivity index (χ1v) is 7.82. The summed E-state index contributed by atoms with van der Waals surface area (Å²) in [5.41, 5.74) is 0.437. The van der Waals surface area contributed by atoms with E-state index in [2.05, 4.69) is 10.5 Å². The maximum atomic E-state index is 12.1. The van der Waals surface area contributed by atoms with Crippen molar-refractivity contribution >= 4 is 29.5 Å². The van der Waals surface area contributed by atoms with Gasteiger partial charge in [-0.15, -0.1) is 11.8 Å². The molecule has 0 aliphatic heterocycles. The first-order valence-electron chi connectivity index (χ1n) is 6.59. The maximum absolute atomic E-state index is 12.1. The highest BCUT2D eigenvalue weighted by Crippen LogP contribution is 2.21. The number of hydrogen-bond acceptors (Lipinski definition) is 6. The number of rotatable bonds is 5. The number of aromatic nitrogens is 1. The molecule has 1 heterocycles. The molecule has 1 atom stereocenters. The third-order valence-corrected chi connectivity index (χ3v) is 3.65. The minimum Gasteiger partial charge on any atom is -0.449 e. The van der Waals surface area contributed by atoms with E-state index in [9.17, 15) is 9.59 Å². The fraction of sp³-hybridized carbons (Fsp3) is 0.267. The highest BCUT2D eigenvalue weighted by Gasteiger charge is 2.21. The highest BCUT2D eigenvalue weighted by molar-refractivity contribution is 7.98. The van der Waals surface area contributed by atoms with Crippen molar-refractivity contribution < 1.29 is 18.8 Å². The summed E-state index contributed by atoms with van der Waals surface area (Å²) in [7, 11) is 0. The van der Waals surface area contributed by atoms with E-state index < -0.39 is 18.0 Å². The Balaban J connectivity index is 2.00. The summed E-state index contributed by atoms with van der Waals surface area (Å²) in [6, 6.07) is 8.66. The lowest BCUT2D eigenvalue weighted by atomic mass is 10.2. The number of thioether (sulfide) groups is 1. The summed E-state index contributed by atoms with van der Waals surface area (Å²) in [6.07, 6.45) is 0.925. The van der Waals surface area contributed by atoms with Crippen LogP contribution < -0.4 is 5.32 Å². The molecule has 1 aromatic carbocycles. The van der Waals surface area contributed by atoms with Gasteiger partial charge in [-0.25, -0.2) is 4.79 Å². The van der Waals surface area contributed by atoms with Gasteiger partial charge in [-0.2, -0.15) is 0 Å². The van der Waals surface area contributed by atoms with Crippen molar-refractivity contribution in [3.63, 3.8) is 0 Å². The Hall–Kier alpha value is -2.28. The van der Waals surface area contributed by atoms with E-state index in [1.54, 1.807) is 25.1 Å². The Kier molecular flexibility index (Phi) is 5.21. The predicted octanol–water partition coefficient (Wildman–Crippen LogP) is 2.89. The minimum atomic E-state index is -0.945. The molecule has 0 fully saturated rings. The van der Waals surface area contributed by atoms with E-state index in [4.69, 9.17) is 9.26 Å². The average molecular weight is 320 g/mol. The van der Waals surface area contributed by atoms with Crippen LogP contribution in [0.4, 0.5) is 5.82 Å². The SMILES string of the molecule is CSc1ccccc1C(=O)O[C@H](C)C(=O)Nc1cc(C)on1. The average Bonchev–Trinajstić information content (AvgIpc) is 2.92. The molecule has 0 unspecified atom stereocenters. The van der Waals surface area contributed by atoms with Crippen molar-refractivity contribution in [1.82, 2.24) is 5.16 Å². The van der Waals surface area contributed by atoms with Gasteiger partial charge in [0.05, 0.1) is 5.56 Å². The minimum absolute atomic E-state index is 0.287. The van der Waals surface area contributed by atoms with E-state index in [1.807, 2.05) is 18.4 Å². The molecule has 0 saturated carbocycles. The molecule has 0 aliphatic carbocycles. The van der Waals surface area contributed by atoms with Crippen molar-refractivity contribution in [2.24, 2.45) is 0 Å². The fourth-order valence-corrected chi connectivity index (χ4v) is 2.33. The third-order valence-electron chi connectivity index (χ3n) is 2.86. The van der Waals surface area contributed by atoms with E-state index in [-0.39, 0.29) is 5.82 Å². The van der Waals surface area contributed by atoms with E-state index in [0.717, 1.165) is 4.90 Å². The number of nitrogens with zero attached hydrogens (tertiary/aromatic N) is 1. The first-order chi connectivity index (χ1) is 10.5. The molecule has 1 aromatic heterocycles. The molecular formula is C15H16N2O4S. The van der Waals surface area contributed by atoms with Crippen LogP contribution in [0.15, 0.2) is 39.8 Å². The molecule has 0 aliphatic rings. The molecule has 2 aromatic rings. The van der Waals surface area contributed by atoms with Gasteiger partial charge in [-0.05, 0) is 32.2 Å². The quantitative estimate of drug-likeness (QED) is 0.674.